The third-order valence-corrected chi connectivity index (χ3v) is 3.53. The second-order valence-electron chi connectivity index (χ2n) is 5.18. The van der Waals surface area contributed by atoms with Crippen LogP contribution in [0.15, 0.2) is 28.8 Å². The first-order chi connectivity index (χ1) is 9.81. The van der Waals surface area contributed by atoms with Gasteiger partial charge in [-0.15, -0.1) is 0 Å². The number of nitrogens with one attached hydrogen (secondary N) is 1. The van der Waals surface area contributed by atoms with Gasteiger partial charge in [0.2, 0.25) is 11.7 Å². The summed E-state index contributed by atoms with van der Waals surface area (Å²) in [5.74, 6) is 2.57. The highest BCUT2D eigenvalue weighted by molar-refractivity contribution is 5.27. The Morgan fingerprint density at radius 3 is 3.00 bits per heavy atom. The maximum absolute atomic E-state index is 5.68. The molecular formula is C15H19N3O2. The fourth-order valence-electron chi connectivity index (χ4n) is 2.41. The fraction of sp³-hybridized carbons (Fsp3) is 0.467. The van der Waals surface area contributed by atoms with E-state index in [2.05, 4.69) is 15.5 Å². The van der Waals surface area contributed by atoms with Crippen LogP contribution >= 0.6 is 0 Å². The lowest BCUT2D eigenvalue weighted by Gasteiger charge is -2.18. The lowest BCUT2D eigenvalue weighted by molar-refractivity contribution is 0.281. The molecule has 1 fully saturated rings. The summed E-state index contributed by atoms with van der Waals surface area (Å²) in [6.07, 6.45) is 2.11. The van der Waals surface area contributed by atoms with Crippen molar-refractivity contribution >= 4 is 0 Å². The lowest BCUT2D eigenvalue weighted by atomic mass is 9.98. The molecule has 20 heavy (non-hydrogen) atoms. The Kier molecular flexibility index (Phi) is 3.97. The molecule has 5 heteroatoms. The SMILES string of the molecule is Cc1cccc(OCc2noc(C3CCNCC3)n2)c1. The van der Waals surface area contributed by atoms with Crippen molar-refractivity contribution in [2.45, 2.75) is 32.3 Å². The van der Waals surface area contributed by atoms with Gasteiger partial charge in [0.15, 0.2) is 6.61 Å². The molecule has 3 rings (SSSR count). The van der Waals surface area contributed by atoms with Gasteiger partial charge in [-0.2, -0.15) is 4.98 Å². The Labute approximate surface area is 118 Å². The molecule has 0 unspecified atom stereocenters. The molecule has 1 aliphatic heterocycles. The summed E-state index contributed by atoms with van der Waals surface area (Å²) in [6, 6.07) is 7.94. The van der Waals surface area contributed by atoms with E-state index in [1.54, 1.807) is 0 Å². The molecule has 5 nitrogen and oxygen atoms in total. The minimum absolute atomic E-state index is 0.345. The topological polar surface area (TPSA) is 60.2 Å². The molecule has 1 aromatic heterocycles. The van der Waals surface area contributed by atoms with Crippen molar-refractivity contribution in [3.63, 3.8) is 0 Å². The van der Waals surface area contributed by atoms with E-state index in [4.69, 9.17) is 9.26 Å². The van der Waals surface area contributed by atoms with Gasteiger partial charge in [0, 0.05) is 5.92 Å². The predicted octanol–water partition coefficient (Wildman–Crippen LogP) is 2.42. The fourth-order valence-corrected chi connectivity index (χ4v) is 2.41. The van der Waals surface area contributed by atoms with Crippen molar-refractivity contribution in [2.75, 3.05) is 13.1 Å². The van der Waals surface area contributed by atoms with Crippen LogP contribution in [0, 0.1) is 6.92 Å². The van der Waals surface area contributed by atoms with E-state index in [1.165, 1.54) is 5.56 Å². The minimum Gasteiger partial charge on any atom is -0.485 e. The van der Waals surface area contributed by atoms with Gasteiger partial charge in [-0.3, -0.25) is 0 Å². The first kappa shape index (κ1) is 13.1. The zero-order chi connectivity index (χ0) is 13.8. The van der Waals surface area contributed by atoms with Crippen LogP contribution in [0.1, 0.15) is 36.0 Å². The zero-order valence-electron chi connectivity index (χ0n) is 11.6. The highest BCUT2D eigenvalue weighted by Gasteiger charge is 2.21. The number of aryl methyl sites for hydroxylation is 1. The van der Waals surface area contributed by atoms with E-state index in [0.29, 0.717) is 18.3 Å². The number of hydrogen-bond acceptors (Lipinski definition) is 5. The predicted molar refractivity (Wildman–Crippen MR) is 74.7 cm³/mol. The van der Waals surface area contributed by atoms with Crippen LogP contribution in [0.25, 0.3) is 0 Å². The monoisotopic (exact) mass is 273 g/mol. The second-order valence-corrected chi connectivity index (χ2v) is 5.18. The molecule has 0 radical (unpaired) electrons. The molecule has 0 spiro atoms. The van der Waals surface area contributed by atoms with Crippen molar-refractivity contribution in [1.29, 1.82) is 0 Å². The molecule has 0 saturated carbocycles. The van der Waals surface area contributed by atoms with Gasteiger partial charge in [0.1, 0.15) is 5.75 Å². The number of benzene rings is 1. The molecule has 1 aromatic carbocycles. The van der Waals surface area contributed by atoms with Gasteiger partial charge in [0.25, 0.3) is 0 Å². The van der Waals surface area contributed by atoms with Gasteiger partial charge in [-0.1, -0.05) is 17.3 Å². The van der Waals surface area contributed by atoms with Crippen molar-refractivity contribution < 1.29 is 9.26 Å². The van der Waals surface area contributed by atoms with Crippen molar-refractivity contribution in [3.05, 3.63) is 41.5 Å². The zero-order valence-corrected chi connectivity index (χ0v) is 11.6. The van der Waals surface area contributed by atoms with E-state index in [0.717, 1.165) is 37.6 Å². The third kappa shape index (κ3) is 3.17. The summed E-state index contributed by atoms with van der Waals surface area (Å²) in [5.41, 5.74) is 1.17. The largest absolute Gasteiger partial charge is 0.485 e. The highest BCUT2D eigenvalue weighted by atomic mass is 16.5. The quantitative estimate of drug-likeness (QED) is 0.927. The summed E-state index contributed by atoms with van der Waals surface area (Å²) >= 11 is 0. The summed E-state index contributed by atoms with van der Waals surface area (Å²) < 4.78 is 11.0. The maximum Gasteiger partial charge on any atom is 0.229 e. The molecule has 1 saturated heterocycles. The van der Waals surface area contributed by atoms with Crippen molar-refractivity contribution in [3.8, 4) is 5.75 Å². The van der Waals surface area contributed by atoms with Crippen molar-refractivity contribution in [1.82, 2.24) is 15.5 Å². The molecule has 1 N–H and O–H groups in total. The average Bonchev–Trinajstić information content (AvgIpc) is 2.95. The average molecular weight is 273 g/mol. The first-order valence-corrected chi connectivity index (χ1v) is 7.04. The molecule has 0 bridgehead atoms. The molecule has 0 amide bonds. The van der Waals surface area contributed by atoms with Crippen LogP contribution in [0.2, 0.25) is 0 Å². The van der Waals surface area contributed by atoms with E-state index in [1.807, 2.05) is 31.2 Å². The molecule has 106 valence electrons. The van der Waals surface area contributed by atoms with E-state index in [-0.39, 0.29) is 0 Å². The molecular weight excluding hydrogens is 254 g/mol. The summed E-state index contributed by atoms with van der Waals surface area (Å²) in [7, 11) is 0. The van der Waals surface area contributed by atoms with Crippen LogP contribution in [0.3, 0.4) is 0 Å². The molecule has 0 aliphatic carbocycles. The minimum atomic E-state index is 0.345. The number of aromatic nitrogens is 2. The van der Waals surface area contributed by atoms with Gasteiger partial charge in [-0.25, -0.2) is 0 Å². The second kappa shape index (κ2) is 6.05. The van der Waals surface area contributed by atoms with E-state index >= 15 is 0 Å². The molecule has 0 atom stereocenters. The lowest BCUT2D eigenvalue weighted by Crippen LogP contribution is -2.26. The molecule has 2 heterocycles. The van der Waals surface area contributed by atoms with Crippen LogP contribution < -0.4 is 10.1 Å². The van der Waals surface area contributed by atoms with E-state index in [9.17, 15) is 0 Å². The normalized spacial score (nSPS) is 16.2. The number of piperidine rings is 1. The van der Waals surface area contributed by atoms with Crippen LogP contribution in [-0.4, -0.2) is 23.2 Å². The molecule has 1 aliphatic rings. The Morgan fingerprint density at radius 1 is 1.35 bits per heavy atom. The standard InChI is InChI=1S/C15H19N3O2/c1-11-3-2-4-13(9-11)19-10-14-17-15(20-18-14)12-5-7-16-8-6-12/h2-4,9,12,16H,5-8,10H2,1H3. The first-order valence-electron chi connectivity index (χ1n) is 7.04. The third-order valence-electron chi connectivity index (χ3n) is 3.53. The van der Waals surface area contributed by atoms with E-state index < -0.39 is 0 Å². The molecule has 2 aromatic rings. The van der Waals surface area contributed by atoms with Crippen molar-refractivity contribution in [2.24, 2.45) is 0 Å². The van der Waals surface area contributed by atoms with Gasteiger partial charge in [0.05, 0.1) is 0 Å². The van der Waals surface area contributed by atoms with Crippen LogP contribution in [-0.2, 0) is 6.61 Å². The number of nitrogens with zero attached hydrogens (tertiary/aromatic N) is 2. The van der Waals surface area contributed by atoms with Crippen LogP contribution in [0.4, 0.5) is 0 Å². The Hall–Kier alpha value is -1.88. The Morgan fingerprint density at radius 2 is 2.20 bits per heavy atom. The summed E-state index contributed by atoms with van der Waals surface area (Å²) in [4.78, 5) is 4.44. The highest BCUT2D eigenvalue weighted by Crippen LogP contribution is 2.23. The number of ether oxygens (including phenoxy) is 1. The number of rotatable bonds is 4. The smallest absolute Gasteiger partial charge is 0.229 e. The van der Waals surface area contributed by atoms with Gasteiger partial charge >= 0.3 is 0 Å². The maximum atomic E-state index is 5.68. The van der Waals surface area contributed by atoms with Gasteiger partial charge < -0.3 is 14.6 Å². The summed E-state index contributed by atoms with van der Waals surface area (Å²) in [6.45, 7) is 4.42. The summed E-state index contributed by atoms with van der Waals surface area (Å²) in [5, 5.41) is 7.33. The Bertz CT molecular complexity index is 562. The number of hydrogen-bond donors (Lipinski definition) is 1. The Balaban J connectivity index is 1.59. The van der Waals surface area contributed by atoms with Crippen LogP contribution in [0.5, 0.6) is 5.75 Å². The van der Waals surface area contributed by atoms with Gasteiger partial charge in [-0.05, 0) is 50.6 Å².